The summed E-state index contributed by atoms with van der Waals surface area (Å²) in [4.78, 5) is 27.2. The molecule has 0 N–H and O–H groups in total. The quantitative estimate of drug-likeness (QED) is 0.722. The number of nitriles is 1. The zero-order chi connectivity index (χ0) is 17.9. The normalized spacial score (nSPS) is 16.4. The van der Waals surface area contributed by atoms with Gasteiger partial charge in [-0.3, -0.25) is 9.78 Å². The van der Waals surface area contributed by atoms with Crippen LogP contribution in [-0.2, 0) is 0 Å². The van der Waals surface area contributed by atoms with E-state index >= 15 is 0 Å². The molecular weight excluding hydrogens is 330 g/mol. The van der Waals surface area contributed by atoms with E-state index in [4.69, 9.17) is 10.00 Å². The number of likely N-dealkylation sites (tertiary alicyclic amines) is 1. The Morgan fingerprint density at radius 2 is 2.08 bits per heavy atom. The van der Waals surface area contributed by atoms with E-state index in [0.717, 1.165) is 5.52 Å². The number of carbonyl (C=O) groups is 1. The molecule has 1 aromatic carbocycles. The second kappa shape index (κ2) is 6.76. The topological polar surface area (TPSA) is 92.0 Å². The summed E-state index contributed by atoms with van der Waals surface area (Å²) in [5.41, 5.74) is 2.28. The SMILES string of the molecule is N#Cc1ccnc(OC2CCN(C(=O)c3cnc4ccccc4n3)C2)c1. The van der Waals surface area contributed by atoms with E-state index in [2.05, 4.69) is 21.0 Å². The highest BCUT2D eigenvalue weighted by Gasteiger charge is 2.29. The molecule has 3 heterocycles. The summed E-state index contributed by atoms with van der Waals surface area (Å²) >= 11 is 0. The van der Waals surface area contributed by atoms with E-state index in [1.54, 1.807) is 17.0 Å². The molecule has 3 aromatic rings. The van der Waals surface area contributed by atoms with Crippen molar-refractivity contribution >= 4 is 16.9 Å². The van der Waals surface area contributed by atoms with E-state index < -0.39 is 0 Å². The second-order valence-corrected chi connectivity index (χ2v) is 6.02. The third-order valence-corrected chi connectivity index (χ3v) is 4.25. The number of para-hydroxylation sites is 2. The number of fused-ring (bicyclic) bond motifs is 1. The van der Waals surface area contributed by atoms with Crippen molar-refractivity contribution in [1.29, 1.82) is 5.26 Å². The first-order valence-electron chi connectivity index (χ1n) is 8.27. The van der Waals surface area contributed by atoms with Gasteiger partial charge in [0, 0.05) is 25.2 Å². The molecule has 1 atom stereocenters. The summed E-state index contributed by atoms with van der Waals surface area (Å²) in [6, 6.07) is 12.7. The fourth-order valence-corrected chi connectivity index (χ4v) is 2.95. The molecule has 0 spiro atoms. The van der Waals surface area contributed by atoms with Gasteiger partial charge in [0.25, 0.3) is 5.91 Å². The Labute approximate surface area is 149 Å². The van der Waals surface area contributed by atoms with Crippen LogP contribution in [-0.4, -0.2) is 45.0 Å². The van der Waals surface area contributed by atoms with Crippen LogP contribution in [0.5, 0.6) is 5.88 Å². The first-order valence-corrected chi connectivity index (χ1v) is 8.27. The third-order valence-electron chi connectivity index (χ3n) is 4.25. The molecule has 1 aliphatic rings. The molecule has 1 fully saturated rings. The Hall–Kier alpha value is -3.53. The van der Waals surface area contributed by atoms with Gasteiger partial charge in [-0.15, -0.1) is 0 Å². The maximum absolute atomic E-state index is 12.7. The van der Waals surface area contributed by atoms with Crippen molar-refractivity contribution in [3.8, 4) is 11.9 Å². The molecular formula is C19H15N5O2. The van der Waals surface area contributed by atoms with Gasteiger partial charge in [0.15, 0.2) is 0 Å². The molecule has 4 rings (SSSR count). The fourth-order valence-electron chi connectivity index (χ4n) is 2.95. The lowest BCUT2D eigenvalue weighted by Crippen LogP contribution is -2.31. The van der Waals surface area contributed by atoms with Crippen LogP contribution in [0.2, 0.25) is 0 Å². The highest BCUT2D eigenvalue weighted by Crippen LogP contribution is 2.19. The molecule has 0 bridgehead atoms. The minimum absolute atomic E-state index is 0.159. The monoisotopic (exact) mass is 345 g/mol. The van der Waals surface area contributed by atoms with Gasteiger partial charge in [0.1, 0.15) is 11.8 Å². The van der Waals surface area contributed by atoms with Crippen LogP contribution in [0.1, 0.15) is 22.5 Å². The van der Waals surface area contributed by atoms with Crippen LogP contribution in [0.3, 0.4) is 0 Å². The Bertz CT molecular complexity index is 1010. The predicted octanol–water partition coefficient (Wildman–Crippen LogP) is 2.19. The molecule has 1 unspecified atom stereocenters. The lowest BCUT2D eigenvalue weighted by atomic mass is 10.3. The summed E-state index contributed by atoms with van der Waals surface area (Å²) in [6.45, 7) is 1.03. The van der Waals surface area contributed by atoms with Gasteiger partial charge in [-0.1, -0.05) is 12.1 Å². The van der Waals surface area contributed by atoms with Crippen LogP contribution < -0.4 is 4.74 Å². The smallest absolute Gasteiger partial charge is 0.274 e. The standard InChI is InChI=1S/C19H15N5O2/c20-10-13-5-7-21-18(9-13)26-14-6-8-24(12-14)19(25)17-11-22-15-3-1-2-4-16(15)23-17/h1-5,7,9,11,14H,6,8,12H2. The third kappa shape index (κ3) is 3.17. The van der Waals surface area contributed by atoms with Crippen LogP contribution in [0, 0.1) is 11.3 Å². The van der Waals surface area contributed by atoms with Crippen LogP contribution >= 0.6 is 0 Å². The number of amides is 1. The second-order valence-electron chi connectivity index (χ2n) is 6.02. The van der Waals surface area contributed by atoms with E-state index in [-0.39, 0.29) is 12.0 Å². The van der Waals surface area contributed by atoms with Gasteiger partial charge < -0.3 is 9.64 Å². The van der Waals surface area contributed by atoms with Crippen molar-refractivity contribution < 1.29 is 9.53 Å². The number of aromatic nitrogens is 3. The molecule has 26 heavy (non-hydrogen) atoms. The number of benzene rings is 1. The molecule has 2 aromatic heterocycles. The van der Waals surface area contributed by atoms with Gasteiger partial charge in [-0.2, -0.15) is 5.26 Å². The lowest BCUT2D eigenvalue weighted by molar-refractivity contribution is 0.0765. The average molecular weight is 345 g/mol. The zero-order valence-corrected chi connectivity index (χ0v) is 13.9. The highest BCUT2D eigenvalue weighted by atomic mass is 16.5. The lowest BCUT2D eigenvalue weighted by Gasteiger charge is -2.16. The first-order chi connectivity index (χ1) is 12.7. The molecule has 7 heteroatoms. The van der Waals surface area contributed by atoms with Crippen LogP contribution in [0.4, 0.5) is 0 Å². The molecule has 0 aliphatic carbocycles. The number of hydrogen-bond donors (Lipinski definition) is 0. The molecule has 0 radical (unpaired) electrons. The predicted molar refractivity (Wildman–Crippen MR) is 93.4 cm³/mol. The Kier molecular flexibility index (Phi) is 4.15. The van der Waals surface area contributed by atoms with Crippen LogP contribution in [0.15, 0.2) is 48.8 Å². The van der Waals surface area contributed by atoms with Crippen molar-refractivity contribution in [1.82, 2.24) is 19.9 Å². The number of nitrogens with zero attached hydrogens (tertiary/aromatic N) is 5. The maximum Gasteiger partial charge on any atom is 0.274 e. The Morgan fingerprint density at radius 1 is 1.23 bits per heavy atom. The summed E-state index contributed by atoms with van der Waals surface area (Å²) in [5, 5.41) is 8.94. The minimum atomic E-state index is -0.159. The summed E-state index contributed by atoms with van der Waals surface area (Å²) in [7, 11) is 0. The number of rotatable bonds is 3. The number of hydrogen-bond acceptors (Lipinski definition) is 6. The highest BCUT2D eigenvalue weighted by molar-refractivity contribution is 5.94. The zero-order valence-electron chi connectivity index (χ0n) is 13.9. The van der Waals surface area contributed by atoms with Crippen molar-refractivity contribution in [2.24, 2.45) is 0 Å². The van der Waals surface area contributed by atoms with E-state index in [0.29, 0.717) is 42.2 Å². The van der Waals surface area contributed by atoms with Gasteiger partial charge in [-0.25, -0.2) is 9.97 Å². The minimum Gasteiger partial charge on any atom is -0.472 e. The number of carbonyl (C=O) groups excluding carboxylic acids is 1. The maximum atomic E-state index is 12.7. The Balaban J connectivity index is 1.45. The van der Waals surface area contributed by atoms with Gasteiger partial charge in [0.2, 0.25) is 5.88 Å². The summed E-state index contributed by atoms with van der Waals surface area (Å²) in [6.07, 6.45) is 3.59. The van der Waals surface area contributed by atoms with E-state index in [1.807, 2.05) is 24.3 Å². The number of ether oxygens (including phenoxy) is 1. The van der Waals surface area contributed by atoms with Gasteiger partial charge in [0.05, 0.1) is 35.4 Å². The summed E-state index contributed by atoms with van der Waals surface area (Å²) < 4.78 is 5.81. The summed E-state index contributed by atoms with van der Waals surface area (Å²) in [5.74, 6) is 0.238. The van der Waals surface area contributed by atoms with Crippen LogP contribution in [0.25, 0.3) is 11.0 Å². The van der Waals surface area contributed by atoms with Crippen molar-refractivity contribution in [3.63, 3.8) is 0 Å². The van der Waals surface area contributed by atoms with Gasteiger partial charge >= 0.3 is 0 Å². The van der Waals surface area contributed by atoms with Crippen molar-refractivity contribution in [3.05, 3.63) is 60.0 Å². The van der Waals surface area contributed by atoms with Crippen molar-refractivity contribution in [2.45, 2.75) is 12.5 Å². The molecule has 7 nitrogen and oxygen atoms in total. The van der Waals surface area contributed by atoms with Gasteiger partial charge in [-0.05, 0) is 18.2 Å². The molecule has 1 aliphatic heterocycles. The largest absolute Gasteiger partial charge is 0.472 e. The average Bonchev–Trinajstić information content (AvgIpc) is 3.15. The van der Waals surface area contributed by atoms with E-state index in [9.17, 15) is 4.79 Å². The van der Waals surface area contributed by atoms with E-state index in [1.165, 1.54) is 12.4 Å². The molecule has 1 amide bonds. The molecule has 1 saturated heterocycles. The molecule has 0 saturated carbocycles. The Morgan fingerprint density at radius 3 is 2.92 bits per heavy atom. The number of pyridine rings is 1. The first kappa shape index (κ1) is 16.0. The van der Waals surface area contributed by atoms with Crippen molar-refractivity contribution in [2.75, 3.05) is 13.1 Å². The molecule has 128 valence electrons. The fraction of sp³-hybridized carbons (Fsp3) is 0.211.